The first kappa shape index (κ1) is 15.2. The molecule has 0 fully saturated rings. The zero-order chi connectivity index (χ0) is 14.5. The molecule has 1 aliphatic rings. The molecule has 0 saturated heterocycles. The summed E-state index contributed by atoms with van der Waals surface area (Å²) in [5, 5.41) is 0. The first-order chi connectivity index (χ1) is 9.65. The third-order valence-corrected chi connectivity index (χ3v) is 4.20. The Bertz CT molecular complexity index is 470. The predicted molar refractivity (Wildman–Crippen MR) is 81.4 cm³/mol. The van der Waals surface area contributed by atoms with Gasteiger partial charge in [0.25, 0.3) is 0 Å². The van der Waals surface area contributed by atoms with Gasteiger partial charge in [-0.05, 0) is 49.9 Å². The van der Waals surface area contributed by atoms with Crippen molar-refractivity contribution < 1.29 is 9.53 Å². The number of nitrogens with zero attached hydrogens (tertiary/aromatic N) is 1. The Morgan fingerprint density at radius 3 is 2.80 bits per heavy atom. The van der Waals surface area contributed by atoms with E-state index in [1.165, 1.54) is 17.5 Å². The summed E-state index contributed by atoms with van der Waals surface area (Å²) in [6, 6.07) is 6.48. The Kier molecular flexibility index (Phi) is 5.32. The van der Waals surface area contributed by atoms with Gasteiger partial charge in [-0.25, -0.2) is 0 Å². The second-order valence-corrected chi connectivity index (χ2v) is 5.63. The lowest BCUT2D eigenvalue weighted by atomic mass is 10.0. The predicted octanol–water partition coefficient (Wildman–Crippen LogP) is 2.71. The average Bonchev–Trinajstić information content (AvgIpc) is 2.91. The molecule has 0 aliphatic heterocycles. The molecule has 0 spiro atoms. The maximum absolute atomic E-state index is 12.4. The molecule has 0 bridgehead atoms. The number of hydrogen-bond acceptors (Lipinski definition) is 3. The normalized spacial score (nSPS) is 15.4. The summed E-state index contributed by atoms with van der Waals surface area (Å²) in [5.41, 5.74) is 3.64. The highest BCUT2D eigenvalue weighted by Crippen LogP contribution is 2.23. The van der Waals surface area contributed by atoms with Gasteiger partial charge in [-0.15, -0.1) is 0 Å². The van der Waals surface area contributed by atoms with E-state index in [-0.39, 0.29) is 11.8 Å². The quantitative estimate of drug-likeness (QED) is 0.717. The number of ketones is 1. The molecule has 20 heavy (non-hydrogen) atoms. The van der Waals surface area contributed by atoms with Crippen LogP contribution in [0.2, 0.25) is 0 Å². The largest absolute Gasteiger partial charge is 0.383 e. The van der Waals surface area contributed by atoms with Gasteiger partial charge < -0.3 is 4.74 Å². The van der Waals surface area contributed by atoms with Crippen molar-refractivity contribution >= 4 is 5.78 Å². The molecule has 1 aromatic carbocycles. The number of carbonyl (C=O) groups excluding carboxylic acids is 1. The van der Waals surface area contributed by atoms with Crippen LogP contribution in [0.5, 0.6) is 0 Å². The molecule has 1 atom stereocenters. The number of benzene rings is 1. The first-order valence-electron chi connectivity index (χ1n) is 7.53. The van der Waals surface area contributed by atoms with Gasteiger partial charge in [0.1, 0.15) is 0 Å². The van der Waals surface area contributed by atoms with Crippen molar-refractivity contribution in [2.75, 3.05) is 26.8 Å². The Balaban J connectivity index is 2.03. The fourth-order valence-corrected chi connectivity index (χ4v) is 2.95. The summed E-state index contributed by atoms with van der Waals surface area (Å²) >= 11 is 0. The van der Waals surface area contributed by atoms with Gasteiger partial charge in [0.15, 0.2) is 5.78 Å². The number of likely N-dealkylation sites (N-methyl/N-ethyl adjacent to an activating group) is 1. The minimum absolute atomic E-state index is 0.213. The summed E-state index contributed by atoms with van der Waals surface area (Å²) in [5.74, 6) is 0.213. The van der Waals surface area contributed by atoms with E-state index in [0.717, 1.165) is 24.9 Å². The average molecular weight is 275 g/mol. The maximum atomic E-state index is 12.4. The highest BCUT2D eigenvalue weighted by atomic mass is 16.5. The molecule has 2 rings (SSSR count). The smallest absolute Gasteiger partial charge is 0.176 e. The van der Waals surface area contributed by atoms with Crippen LogP contribution in [0, 0.1) is 0 Å². The minimum Gasteiger partial charge on any atom is -0.383 e. The molecule has 0 aromatic heterocycles. The number of rotatable bonds is 7. The summed E-state index contributed by atoms with van der Waals surface area (Å²) < 4.78 is 5.18. The number of fused-ring (bicyclic) bond motifs is 1. The Labute approximate surface area is 121 Å². The van der Waals surface area contributed by atoms with Crippen molar-refractivity contribution in [3.8, 4) is 0 Å². The van der Waals surface area contributed by atoms with E-state index >= 15 is 0 Å². The molecule has 1 unspecified atom stereocenters. The van der Waals surface area contributed by atoms with Gasteiger partial charge in [-0.3, -0.25) is 9.69 Å². The van der Waals surface area contributed by atoms with E-state index < -0.39 is 0 Å². The van der Waals surface area contributed by atoms with Gasteiger partial charge in [-0.1, -0.05) is 19.1 Å². The van der Waals surface area contributed by atoms with Crippen LogP contribution in [0.1, 0.15) is 41.8 Å². The molecule has 0 amide bonds. The van der Waals surface area contributed by atoms with E-state index in [0.29, 0.717) is 13.2 Å². The SMILES string of the molecule is CCN(CC(=O)c1ccc2c(c1)CCC2)C(C)COC. The van der Waals surface area contributed by atoms with Crippen molar-refractivity contribution in [2.45, 2.75) is 39.2 Å². The van der Waals surface area contributed by atoms with E-state index in [2.05, 4.69) is 30.9 Å². The van der Waals surface area contributed by atoms with Gasteiger partial charge >= 0.3 is 0 Å². The lowest BCUT2D eigenvalue weighted by Gasteiger charge is -2.26. The number of ether oxygens (including phenoxy) is 1. The minimum atomic E-state index is 0.213. The molecular formula is C17H25NO2. The highest BCUT2D eigenvalue weighted by molar-refractivity contribution is 5.97. The Hall–Kier alpha value is -1.19. The lowest BCUT2D eigenvalue weighted by molar-refractivity contribution is 0.0788. The summed E-state index contributed by atoms with van der Waals surface area (Å²) in [6.45, 7) is 6.18. The molecule has 0 heterocycles. The molecule has 0 N–H and O–H groups in total. The van der Waals surface area contributed by atoms with E-state index in [9.17, 15) is 4.79 Å². The van der Waals surface area contributed by atoms with Gasteiger partial charge in [-0.2, -0.15) is 0 Å². The molecule has 110 valence electrons. The fourth-order valence-electron chi connectivity index (χ4n) is 2.95. The molecule has 1 aliphatic carbocycles. The van der Waals surface area contributed by atoms with Crippen molar-refractivity contribution in [3.63, 3.8) is 0 Å². The van der Waals surface area contributed by atoms with Crippen LogP contribution in [0.3, 0.4) is 0 Å². The van der Waals surface area contributed by atoms with Gasteiger partial charge in [0.2, 0.25) is 0 Å². The lowest BCUT2D eigenvalue weighted by Crippen LogP contribution is -2.39. The maximum Gasteiger partial charge on any atom is 0.176 e. The molecule has 0 saturated carbocycles. The van der Waals surface area contributed by atoms with Crippen LogP contribution in [-0.4, -0.2) is 43.5 Å². The number of Topliss-reactive ketones (excluding diaryl/α,β-unsaturated/α-hetero) is 1. The van der Waals surface area contributed by atoms with E-state index in [1.54, 1.807) is 7.11 Å². The van der Waals surface area contributed by atoms with Gasteiger partial charge in [0, 0.05) is 18.7 Å². The van der Waals surface area contributed by atoms with Crippen molar-refractivity contribution in [1.29, 1.82) is 0 Å². The zero-order valence-electron chi connectivity index (χ0n) is 12.8. The first-order valence-corrected chi connectivity index (χ1v) is 7.53. The zero-order valence-corrected chi connectivity index (χ0v) is 12.8. The number of hydrogen-bond donors (Lipinski definition) is 0. The second-order valence-electron chi connectivity index (χ2n) is 5.63. The van der Waals surface area contributed by atoms with Crippen LogP contribution < -0.4 is 0 Å². The van der Waals surface area contributed by atoms with Crippen molar-refractivity contribution in [3.05, 3.63) is 34.9 Å². The van der Waals surface area contributed by atoms with Crippen LogP contribution in [0.25, 0.3) is 0 Å². The molecular weight excluding hydrogens is 250 g/mol. The topological polar surface area (TPSA) is 29.5 Å². The van der Waals surface area contributed by atoms with Crippen LogP contribution in [0.4, 0.5) is 0 Å². The van der Waals surface area contributed by atoms with Crippen molar-refractivity contribution in [2.24, 2.45) is 0 Å². The van der Waals surface area contributed by atoms with Crippen molar-refractivity contribution in [1.82, 2.24) is 4.90 Å². The molecule has 3 nitrogen and oxygen atoms in total. The van der Waals surface area contributed by atoms with Crippen LogP contribution >= 0.6 is 0 Å². The second kappa shape index (κ2) is 7.00. The summed E-state index contributed by atoms with van der Waals surface area (Å²) in [6.07, 6.45) is 3.50. The van der Waals surface area contributed by atoms with Crippen LogP contribution in [-0.2, 0) is 17.6 Å². The van der Waals surface area contributed by atoms with E-state index in [4.69, 9.17) is 4.74 Å². The third kappa shape index (κ3) is 3.47. The number of aryl methyl sites for hydroxylation is 2. The Morgan fingerprint density at radius 2 is 2.10 bits per heavy atom. The summed E-state index contributed by atoms with van der Waals surface area (Å²) in [4.78, 5) is 14.6. The Morgan fingerprint density at radius 1 is 1.35 bits per heavy atom. The fraction of sp³-hybridized carbons (Fsp3) is 0.588. The standard InChI is InChI=1S/C17H25NO2/c1-4-18(13(2)12-20-3)11-17(19)16-9-8-14-6-5-7-15(14)10-16/h8-10,13H,4-7,11-12H2,1-3H3. The summed E-state index contributed by atoms with van der Waals surface area (Å²) in [7, 11) is 1.70. The highest BCUT2D eigenvalue weighted by Gasteiger charge is 2.18. The monoisotopic (exact) mass is 275 g/mol. The number of carbonyl (C=O) groups is 1. The molecule has 3 heteroatoms. The van der Waals surface area contributed by atoms with Gasteiger partial charge in [0.05, 0.1) is 13.2 Å². The third-order valence-electron chi connectivity index (χ3n) is 4.20. The van der Waals surface area contributed by atoms with Crippen LogP contribution in [0.15, 0.2) is 18.2 Å². The molecule has 0 radical (unpaired) electrons. The van der Waals surface area contributed by atoms with E-state index in [1.807, 2.05) is 6.07 Å². The number of methoxy groups -OCH3 is 1. The molecule has 1 aromatic rings.